The standard InChI is InChI=1S/C10H14N2O3/c13-9-4-2-1-3-8(9)12-6-7(5-11-12)10(14)15/h5-6,8-9,13H,1-4H2,(H,14,15). The number of nitrogens with zero attached hydrogens (tertiary/aromatic N) is 2. The molecule has 1 saturated carbocycles. The third-order valence-corrected chi connectivity index (χ3v) is 2.88. The first-order valence-electron chi connectivity index (χ1n) is 5.14. The van der Waals surface area contributed by atoms with Crippen LogP contribution in [-0.4, -0.2) is 32.1 Å². The number of aromatic carboxylic acids is 1. The lowest BCUT2D eigenvalue weighted by atomic mass is 9.93. The molecular formula is C10H14N2O3. The molecule has 1 aromatic heterocycles. The van der Waals surface area contributed by atoms with Crippen LogP contribution in [0.25, 0.3) is 0 Å². The van der Waals surface area contributed by atoms with Crippen molar-refractivity contribution in [3.8, 4) is 0 Å². The van der Waals surface area contributed by atoms with Gasteiger partial charge in [0.25, 0.3) is 0 Å². The van der Waals surface area contributed by atoms with Gasteiger partial charge in [-0.15, -0.1) is 0 Å². The van der Waals surface area contributed by atoms with Gasteiger partial charge in [0.05, 0.1) is 23.9 Å². The lowest BCUT2D eigenvalue weighted by Gasteiger charge is -2.27. The Morgan fingerprint density at radius 1 is 1.47 bits per heavy atom. The van der Waals surface area contributed by atoms with E-state index in [9.17, 15) is 9.90 Å². The molecule has 2 unspecified atom stereocenters. The van der Waals surface area contributed by atoms with Gasteiger partial charge < -0.3 is 10.2 Å². The second kappa shape index (κ2) is 4.02. The van der Waals surface area contributed by atoms with Crippen molar-refractivity contribution < 1.29 is 15.0 Å². The van der Waals surface area contributed by atoms with E-state index in [2.05, 4.69) is 5.10 Å². The number of aromatic nitrogens is 2. The number of hydrogen-bond acceptors (Lipinski definition) is 3. The van der Waals surface area contributed by atoms with E-state index in [0.29, 0.717) is 0 Å². The van der Waals surface area contributed by atoms with Crippen LogP contribution in [0.3, 0.4) is 0 Å². The highest BCUT2D eigenvalue weighted by Crippen LogP contribution is 2.28. The Bertz CT molecular complexity index is 361. The SMILES string of the molecule is O=C(O)c1cnn(C2CCCCC2O)c1. The third kappa shape index (κ3) is 2.02. The highest BCUT2D eigenvalue weighted by Gasteiger charge is 2.25. The number of aliphatic hydroxyl groups excluding tert-OH is 1. The maximum Gasteiger partial charge on any atom is 0.338 e. The quantitative estimate of drug-likeness (QED) is 0.765. The first-order chi connectivity index (χ1) is 7.18. The number of carbonyl (C=O) groups is 1. The Hall–Kier alpha value is -1.36. The van der Waals surface area contributed by atoms with E-state index in [1.165, 1.54) is 12.4 Å². The summed E-state index contributed by atoms with van der Waals surface area (Å²) in [5, 5.41) is 22.5. The number of hydrogen-bond donors (Lipinski definition) is 2. The molecule has 0 aliphatic heterocycles. The normalized spacial score (nSPS) is 26.5. The van der Waals surface area contributed by atoms with Crippen LogP contribution in [0.1, 0.15) is 42.1 Å². The minimum atomic E-state index is -0.980. The highest BCUT2D eigenvalue weighted by atomic mass is 16.4. The summed E-state index contributed by atoms with van der Waals surface area (Å²) in [6, 6.07) is -0.0631. The number of rotatable bonds is 2. The molecule has 0 aromatic carbocycles. The summed E-state index contributed by atoms with van der Waals surface area (Å²) in [5.41, 5.74) is 0.174. The molecule has 1 heterocycles. The Morgan fingerprint density at radius 3 is 2.80 bits per heavy atom. The Balaban J connectivity index is 2.17. The summed E-state index contributed by atoms with van der Waals surface area (Å²) in [6.07, 6.45) is 6.13. The number of carboxylic acid groups (broad SMARTS) is 1. The van der Waals surface area contributed by atoms with Crippen LogP contribution in [0.2, 0.25) is 0 Å². The molecule has 0 spiro atoms. The lowest BCUT2D eigenvalue weighted by molar-refractivity contribution is 0.0673. The second-order valence-corrected chi connectivity index (χ2v) is 3.93. The molecule has 1 fully saturated rings. The van der Waals surface area contributed by atoms with Crippen LogP contribution in [-0.2, 0) is 0 Å². The Kier molecular flexibility index (Phi) is 2.73. The van der Waals surface area contributed by atoms with Gasteiger partial charge in [0.15, 0.2) is 0 Å². The summed E-state index contributed by atoms with van der Waals surface area (Å²) in [4.78, 5) is 10.7. The van der Waals surface area contributed by atoms with E-state index < -0.39 is 12.1 Å². The fourth-order valence-corrected chi connectivity index (χ4v) is 2.03. The van der Waals surface area contributed by atoms with Crippen LogP contribution in [0.15, 0.2) is 12.4 Å². The first kappa shape index (κ1) is 10.2. The van der Waals surface area contributed by atoms with Gasteiger partial charge in [-0.2, -0.15) is 5.10 Å². The molecule has 15 heavy (non-hydrogen) atoms. The van der Waals surface area contributed by atoms with E-state index in [-0.39, 0.29) is 11.6 Å². The molecule has 5 heteroatoms. The minimum absolute atomic E-state index is 0.0631. The highest BCUT2D eigenvalue weighted by molar-refractivity contribution is 5.86. The zero-order valence-electron chi connectivity index (χ0n) is 8.33. The van der Waals surface area contributed by atoms with Crippen molar-refractivity contribution in [1.82, 2.24) is 9.78 Å². The summed E-state index contributed by atoms with van der Waals surface area (Å²) >= 11 is 0. The maximum atomic E-state index is 10.7. The van der Waals surface area contributed by atoms with Crippen molar-refractivity contribution in [3.63, 3.8) is 0 Å². The molecule has 2 atom stereocenters. The molecule has 2 rings (SSSR count). The van der Waals surface area contributed by atoms with E-state index in [1.807, 2.05) is 0 Å². The lowest BCUT2D eigenvalue weighted by Crippen LogP contribution is -2.27. The summed E-state index contributed by atoms with van der Waals surface area (Å²) in [6.45, 7) is 0. The van der Waals surface area contributed by atoms with Crippen molar-refractivity contribution >= 4 is 5.97 Å². The summed E-state index contributed by atoms with van der Waals surface area (Å²) in [7, 11) is 0. The molecule has 82 valence electrons. The van der Waals surface area contributed by atoms with Crippen molar-refractivity contribution in [2.24, 2.45) is 0 Å². The summed E-state index contributed by atoms with van der Waals surface area (Å²) in [5.74, 6) is -0.980. The molecule has 1 aliphatic rings. The average molecular weight is 210 g/mol. The molecule has 0 bridgehead atoms. The molecular weight excluding hydrogens is 196 g/mol. The predicted octanol–water partition coefficient (Wildman–Crippen LogP) is 1.06. The molecule has 1 aliphatic carbocycles. The monoisotopic (exact) mass is 210 g/mol. The van der Waals surface area contributed by atoms with Gasteiger partial charge in [0.2, 0.25) is 0 Å². The van der Waals surface area contributed by atoms with Crippen molar-refractivity contribution in [2.45, 2.75) is 37.8 Å². The van der Waals surface area contributed by atoms with Gasteiger partial charge >= 0.3 is 5.97 Å². The smallest absolute Gasteiger partial charge is 0.338 e. The average Bonchev–Trinajstić information content (AvgIpc) is 2.67. The second-order valence-electron chi connectivity index (χ2n) is 3.93. The topological polar surface area (TPSA) is 75.3 Å². The molecule has 0 radical (unpaired) electrons. The molecule has 0 saturated heterocycles. The molecule has 0 amide bonds. The zero-order chi connectivity index (χ0) is 10.8. The van der Waals surface area contributed by atoms with Gasteiger partial charge in [0, 0.05) is 6.20 Å². The third-order valence-electron chi connectivity index (χ3n) is 2.88. The van der Waals surface area contributed by atoms with Crippen LogP contribution in [0.5, 0.6) is 0 Å². The van der Waals surface area contributed by atoms with Crippen LogP contribution in [0, 0.1) is 0 Å². The Labute approximate surface area is 87.3 Å². The first-order valence-corrected chi connectivity index (χ1v) is 5.14. The van der Waals surface area contributed by atoms with Crippen LogP contribution >= 0.6 is 0 Å². The predicted molar refractivity (Wildman–Crippen MR) is 52.7 cm³/mol. The summed E-state index contributed by atoms with van der Waals surface area (Å²) < 4.78 is 1.58. The van der Waals surface area contributed by atoms with Crippen molar-refractivity contribution in [2.75, 3.05) is 0 Å². The van der Waals surface area contributed by atoms with E-state index in [1.54, 1.807) is 4.68 Å². The number of aliphatic hydroxyl groups is 1. The molecule has 2 N–H and O–H groups in total. The van der Waals surface area contributed by atoms with Gasteiger partial charge in [-0.3, -0.25) is 4.68 Å². The fourth-order valence-electron chi connectivity index (χ4n) is 2.03. The maximum absolute atomic E-state index is 10.7. The zero-order valence-corrected chi connectivity index (χ0v) is 8.33. The van der Waals surface area contributed by atoms with Crippen LogP contribution < -0.4 is 0 Å². The van der Waals surface area contributed by atoms with Gasteiger partial charge in [-0.05, 0) is 12.8 Å². The minimum Gasteiger partial charge on any atom is -0.478 e. The van der Waals surface area contributed by atoms with Crippen molar-refractivity contribution in [3.05, 3.63) is 18.0 Å². The van der Waals surface area contributed by atoms with Crippen molar-refractivity contribution in [1.29, 1.82) is 0 Å². The van der Waals surface area contributed by atoms with E-state index in [4.69, 9.17) is 5.11 Å². The van der Waals surface area contributed by atoms with Gasteiger partial charge in [-0.1, -0.05) is 12.8 Å². The number of carboxylic acids is 1. The van der Waals surface area contributed by atoms with Gasteiger partial charge in [0.1, 0.15) is 0 Å². The van der Waals surface area contributed by atoms with Crippen LogP contribution in [0.4, 0.5) is 0 Å². The van der Waals surface area contributed by atoms with E-state index in [0.717, 1.165) is 25.7 Å². The molecule has 1 aromatic rings. The molecule has 5 nitrogen and oxygen atoms in total. The van der Waals surface area contributed by atoms with Gasteiger partial charge in [-0.25, -0.2) is 4.79 Å². The Morgan fingerprint density at radius 2 is 2.20 bits per heavy atom. The largest absolute Gasteiger partial charge is 0.478 e. The van der Waals surface area contributed by atoms with E-state index >= 15 is 0 Å². The fraction of sp³-hybridized carbons (Fsp3) is 0.600.